The molecule has 0 aliphatic carbocycles. The van der Waals surface area contributed by atoms with Gasteiger partial charge < -0.3 is 9.88 Å². The Morgan fingerprint density at radius 2 is 1.63 bits per heavy atom. The number of nitrogens with zero attached hydrogens (tertiary/aromatic N) is 3. The molecule has 4 aromatic rings. The number of carbonyl (C=O) groups excluding carboxylic acids is 1. The minimum Gasteiger partial charge on any atom is -0.322 e. The van der Waals surface area contributed by atoms with Crippen molar-refractivity contribution >= 4 is 23.4 Å². The molecular formula is C24H22N4OS. The second kappa shape index (κ2) is 8.97. The molecule has 6 heteroatoms. The number of aryl methyl sites for hydroxylation is 1. The lowest BCUT2D eigenvalue weighted by Crippen LogP contribution is -2.11. The summed E-state index contributed by atoms with van der Waals surface area (Å²) >= 11 is 1.62. The minimum absolute atomic E-state index is 0.114. The molecule has 4 rings (SSSR count). The van der Waals surface area contributed by atoms with Crippen molar-refractivity contribution in [2.75, 3.05) is 5.32 Å². The molecule has 1 aromatic heterocycles. The van der Waals surface area contributed by atoms with Crippen molar-refractivity contribution in [3.05, 3.63) is 95.6 Å². The molecular weight excluding hydrogens is 392 g/mol. The number of hydrogen-bond acceptors (Lipinski definition) is 4. The molecule has 0 unspecified atom stereocenters. The predicted octanol–water partition coefficient (Wildman–Crippen LogP) is 5.34. The Morgan fingerprint density at radius 3 is 2.33 bits per heavy atom. The maximum atomic E-state index is 12.4. The fraction of sp³-hybridized carbons (Fsp3) is 0.125. The second-order valence-electron chi connectivity index (χ2n) is 7.04. The topological polar surface area (TPSA) is 59.8 Å². The van der Waals surface area contributed by atoms with E-state index in [0.29, 0.717) is 5.56 Å². The summed E-state index contributed by atoms with van der Waals surface area (Å²) in [4.78, 5) is 12.4. The van der Waals surface area contributed by atoms with Crippen LogP contribution in [0.3, 0.4) is 0 Å². The maximum Gasteiger partial charge on any atom is 0.255 e. The van der Waals surface area contributed by atoms with Gasteiger partial charge in [0.2, 0.25) is 0 Å². The van der Waals surface area contributed by atoms with Gasteiger partial charge >= 0.3 is 0 Å². The van der Waals surface area contributed by atoms with Gasteiger partial charge in [-0.1, -0.05) is 71.9 Å². The Labute approximate surface area is 180 Å². The number of thioether (sulfide) groups is 1. The second-order valence-corrected chi connectivity index (χ2v) is 7.98. The highest BCUT2D eigenvalue weighted by atomic mass is 32.2. The van der Waals surface area contributed by atoms with Gasteiger partial charge in [0, 0.05) is 29.6 Å². The lowest BCUT2D eigenvalue weighted by molar-refractivity contribution is 0.102. The molecule has 1 N–H and O–H groups in total. The van der Waals surface area contributed by atoms with E-state index in [1.54, 1.807) is 11.8 Å². The van der Waals surface area contributed by atoms with Gasteiger partial charge in [0.1, 0.15) is 0 Å². The monoisotopic (exact) mass is 414 g/mol. The van der Waals surface area contributed by atoms with Crippen LogP contribution in [-0.4, -0.2) is 20.7 Å². The van der Waals surface area contributed by atoms with Gasteiger partial charge in [-0.25, -0.2) is 0 Å². The van der Waals surface area contributed by atoms with Crippen molar-refractivity contribution in [2.45, 2.75) is 17.8 Å². The maximum absolute atomic E-state index is 12.4. The van der Waals surface area contributed by atoms with Crippen LogP contribution in [0.4, 0.5) is 5.69 Å². The lowest BCUT2D eigenvalue weighted by atomic mass is 10.1. The molecule has 3 aromatic carbocycles. The van der Waals surface area contributed by atoms with Gasteiger partial charge in [-0.05, 0) is 36.8 Å². The largest absolute Gasteiger partial charge is 0.322 e. The molecule has 1 heterocycles. The fourth-order valence-electron chi connectivity index (χ4n) is 3.02. The van der Waals surface area contributed by atoms with E-state index >= 15 is 0 Å². The number of aromatic nitrogens is 3. The Balaban J connectivity index is 1.39. The van der Waals surface area contributed by atoms with Crippen LogP contribution in [0.1, 0.15) is 21.5 Å². The third-order valence-electron chi connectivity index (χ3n) is 4.76. The number of hydrogen-bond donors (Lipinski definition) is 1. The van der Waals surface area contributed by atoms with Crippen LogP contribution < -0.4 is 5.32 Å². The fourth-order valence-corrected chi connectivity index (χ4v) is 3.89. The van der Waals surface area contributed by atoms with Crippen LogP contribution in [0.5, 0.6) is 0 Å². The molecule has 0 saturated carbocycles. The summed E-state index contributed by atoms with van der Waals surface area (Å²) in [7, 11) is 1.98. The minimum atomic E-state index is -0.114. The van der Waals surface area contributed by atoms with Crippen molar-refractivity contribution in [3.8, 4) is 11.4 Å². The molecule has 1 amide bonds. The summed E-state index contributed by atoms with van der Waals surface area (Å²) in [6.45, 7) is 2.07. The van der Waals surface area contributed by atoms with E-state index in [-0.39, 0.29) is 5.91 Å². The number of benzene rings is 3. The third kappa shape index (κ3) is 4.60. The third-order valence-corrected chi connectivity index (χ3v) is 5.85. The molecule has 0 saturated heterocycles. The number of nitrogens with one attached hydrogen (secondary N) is 1. The average Bonchev–Trinajstić information content (AvgIpc) is 3.14. The Morgan fingerprint density at radius 1 is 0.933 bits per heavy atom. The van der Waals surface area contributed by atoms with Crippen molar-refractivity contribution < 1.29 is 4.79 Å². The van der Waals surface area contributed by atoms with Crippen LogP contribution in [0.15, 0.2) is 84.0 Å². The van der Waals surface area contributed by atoms with E-state index < -0.39 is 0 Å². The highest BCUT2D eigenvalue weighted by Crippen LogP contribution is 2.25. The molecule has 0 spiro atoms. The van der Waals surface area contributed by atoms with Crippen LogP contribution in [0, 0.1) is 6.92 Å². The van der Waals surface area contributed by atoms with Crippen LogP contribution in [0.25, 0.3) is 11.4 Å². The Bertz CT molecular complexity index is 1140. The highest BCUT2D eigenvalue weighted by molar-refractivity contribution is 7.98. The number of anilines is 1. The van der Waals surface area contributed by atoms with E-state index in [1.807, 2.05) is 66.2 Å². The molecule has 0 bridgehead atoms. The Kier molecular flexibility index (Phi) is 5.95. The smallest absolute Gasteiger partial charge is 0.255 e. The first-order chi connectivity index (χ1) is 14.6. The van der Waals surface area contributed by atoms with E-state index in [2.05, 4.69) is 46.7 Å². The van der Waals surface area contributed by atoms with Gasteiger partial charge in [-0.2, -0.15) is 0 Å². The van der Waals surface area contributed by atoms with Gasteiger partial charge in [-0.3, -0.25) is 4.79 Å². The SMILES string of the molecule is Cc1ccc(-c2nnc(SCc3ccc(C(=O)Nc4ccccc4)cc3)n2C)cc1. The van der Waals surface area contributed by atoms with E-state index in [1.165, 1.54) is 5.56 Å². The lowest BCUT2D eigenvalue weighted by Gasteiger charge is -2.07. The standard InChI is InChI=1S/C24H22N4OS/c1-17-8-12-19(13-9-17)22-26-27-24(28(22)2)30-16-18-10-14-20(15-11-18)23(29)25-21-6-4-3-5-7-21/h3-15H,16H2,1-2H3,(H,25,29). The first kappa shape index (κ1) is 19.9. The van der Waals surface area contributed by atoms with Gasteiger partial charge in [0.15, 0.2) is 11.0 Å². The van der Waals surface area contributed by atoms with Gasteiger partial charge in [-0.15, -0.1) is 10.2 Å². The number of carbonyl (C=O) groups is 1. The molecule has 5 nitrogen and oxygen atoms in total. The Hall–Kier alpha value is -3.38. The summed E-state index contributed by atoms with van der Waals surface area (Å²) < 4.78 is 2.01. The van der Waals surface area contributed by atoms with Gasteiger partial charge in [0.05, 0.1) is 0 Å². The van der Waals surface area contributed by atoms with Crippen LogP contribution >= 0.6 is 11.8 Å². The van der Waals surface area contributed by atoms with E-state index in [9.17, 15) is 4.79 Å². The van der Waals surface area contributed by atoms with E-state index in [0.717, 1.165) is 33.5 Å². The average molecular weight is 415 g/mol. The quantitative estimate of drug-likeness (QED) is 0.433. The van der Waals surface area contributed by atoms with Crippen molar-refractivity contribution in [1.82, 2.24) is 14.8 Å². The molecule has 30 heavy (non-hydrogen) atoms. The van der Waals surface area contributed by atoms with E-state index in [4.69, 9.17) is 0 Å². The molecule has 0 fully saturated rings. The van der Waals surface area contributed by atoms with Crippen molar-refractivity contribution in [3.63, 3.8) is 0 Å². The van der Waals surface area contributed by atoms with Gasteiger partial charge in [0.25, 0.3) is 5.91 Å². The summed E-state index contributed by atoms with van der Waals surface area (Å²) in [6.07, 6.45) is 0. The highest BCUT2D eigenvalue weighted by Gasteiger charge is 2.12. The van der Waals surface area contributed by atoms with Crippen molar-refractivity contribution in [2.24, 2.45) is 7.05 Å². The normalized spacial score (nSPS) is 10.7. The first-order valence-electron chi connectivity index (χ1n) is 9.65. The zero-order valence-electron chi connectivity index (χ0n) is 16.9. The molecule has 0 atom stereocenters. The van der Waals surface area contributed by atoms with Crippen LogP contribution in [0.2, 0.25) is 0 Å². The molecule has 0 aliphatic heterocycles. The summed E-state index contributed by atoms with van der Waals surface area (Å²) in [6, 6.07) is 25.4. The van der Waals surface area contributed by atoms with Crippen LogP contribution in [-0.2, 0) is 12.8 Å². The van der Waals surface area contributed by atoms with Crippen molar-refractivity contribution in [1.29, 1.82) is 0 Å². The summed E-state index contributed by atoms with van der Waals surface area (Å²) in [5, 5.41) is 12.4. The first-order valence-corrected chi connectivity index (χ1v) is 10.6. The summed E-state index contributed by atoms with van der Waals surface area (Å²) in [5.74, 6) is 1.49. The summed E-state index contributed by atoms with van der Waals surface area (Å²) in [5.41, 5.74) is 4.81. The molecule has 150 valence electrons. The predicted molar refractivity (Wildman–Crippen MR) is 122 cm³/mol. The number of para-hydroxylation sites is 1. The number of amides is 1. The zero-order valence-corrected chi connectivity index (χ0v) is 17.7. The number of rotatable bonds is 6. The molecule has 0 aliphatic rings. The molecule has 0 radical (unpaired) electrons. The zero-order chi connectivity index (χ0) is 20.9.